The number of benzene rings is 3. The first-order valence-electron chi connectivity index (χ1n) is 9.62. The molecule has 7 heteroatoms. The lowest BCUT2D eigenvalue weighted by atomic mass is 10.0. The van der Waals surface area contributed by atoms with Gasteiger partial charge in [-0.25, -0.2) is 13.6 Å². The second kappa shape index (κ2) is 8.02. The molecule has 0 saturated heterocycles. The number of aromatic amines is 1. The largest absolute Gasteiger partial charge is 0.478 e. The number of anilines is 1. The third-order valence-corrected chi connectivity index (χ3v) is 5.16. The van der Waals surface area contributed by atoms with Gasteiger partial charge in [0.2, 0.25) is 0 Å². The van der Waals surface area contributed by atoms with Crippen molar-refractivity contribution in [1.82, 2.24) is 4.98 Å². The third-order valence-electron chi connectivity index (χ3n) is 5.16. The molecular weight excluding hydrogens is 402 g/mol. The average Bonchev–Trinajstić information content (AvgIpc) is 3.18. The van der Waals surface area contributed by atoms with Gasteiger partial charge >= 0.3 is 5.97 Å². The summed E-state index contributed by atoms with van der Waals surface area (Å²) in [7, 11) is 0. The van der Waals surface area contributed by atoms with Gasteiger partial charge in [0.15, 0.2) is 0 Å². The number of carboxylic acid groups (broad SMARTS) is 1. The van der Waals surface area contributed by atoms with Crippen LogP contribution < -0.4 is 5.32 Å². The Morgan fingerprint density at radius 1 is 0.968 bits per heavy atom. The second-order valence-corrected chi connectivity index (χ2v) is 7.05. The highest BCUT2D eigenvalue weighted by molar-refractivity contribution is 6.10. The number of amides is 1. The number of hydrogen-bond donors (Lipinski definition) is 3. The fraction of sp³-hybridized carbons (Fsp3) is 0.0833. The van der Waals surface area contributed by atoms with E-state index in [4.69, 9.17) is 0 Å². The zero-order valence-electron chi connectivity index (χ0n) is 16.5. The molecule has 156 valence electrons. The average molecular weight is 420 g/mol. The van der Waals surface area contributed by atoms with Crippen molar-refractivity contribution in [2.75, 3.05) is 5.32 Å². The van der Waals surface area contributed by atoms with Crippen LogP contribution in [-0.2, 0) is 6.42 Å². The van der Waals surface area contributed by atoms with Gasteiger partial charge in [0.1, 0.15) is 17.3 Å². The Morgan fingerprint density at radius 3 is 2.29 bits per heavy atom. The molecule has 4 rings (SSSR count). The van der Waals surface area contributed by atoms with Crippen LogP contribution in [0.4, 0.5) is 14.5 Å². The lowest BCUT2D eigenvalue weighted by Gasteiger charge is -2.11. The van der Waals surface area contributed by atoms with Gasteiger partial charge in [0.25, 0.3) is 5.91 Å². The molecule has 0 aliphatic heterocycles. The topological polar surface area (TPSA) is 82.2 Å². The molecule has 3 aromatic carbocycles. The summed E-state index contributed by atoms with van der Waals surface area (Å²) in [5, 5.41) is 12.3. The number of carboxylic acids is 1. The molecule has 1 heterocycles. The summed E-state index contributed by atoms with van der Waals surface area (Å²) in [4.78, 5) is 26.9. The highest BCUT2D eigenvalue weighted by atomic mass is 19.1. The first kappa shape index (κ1) is 20.3. The van der Waals surface area contributed by atoms with Crippen LogP contribution in [0.15, 0.2) is 60.8 Å². The van der Waals surface area contributed by atoms with Crippen molar-refractivity contribution >= 4 is 28.5 Å². The SMILES string of the molecule is CCc1c[nH]c2ccc(-c3cc(F)c(NC(=O)c4ccccc4C(=O)O)c(F)c3)cc12. The molecular formula is C24H18F2N2O3. The molecule has 5 nitrogen and oxygen atoms in total. The Kier molecular flexibility index (Phi) is 5.25. The van der Waals surface area contributed by atoms with Gasteiger partial charge in [0, 0.05) is 17.1 Å². The van der Waals surface area contributed by atoms with Crippen LogP contribution in [-0.4, -0.2) is 22.0 Å². The van der Waals surface area contributed by atoms with E-state index in [0.29, 0.717) is 11.1 Å². The molecule has 4 aromatic rings. The van der Waals surface area contributed by atoms with Crippen LogP contribution in [0.25, 0.3) is 22.0 Å². The fourth-order valence-corrected chi connectivity index (χ4v) is 3.56. The maximum absolute atomic E-state index is 14.8. The minimum Gasteiger partial charge on any atom is -0.478 e. The van der Waals surface area contributed by atoms with Crippen molar-refractivity contribution < 1.29 is 23.5 Å². The van der Waals surface area contributed by atoms with E-state index in [1.54, 1.807) is 6.07 Å². The Labute approximate surface area is 176 Å². The molecule has 0 unspecified atom stereocenters. The van der Waals surface area contributed by atoms with E-state index < -0.39 is 29.2 Å². The van der Waals surface area contributed by atoms with Gasteiger partial charge in [-0.1, -0.05) is 25.1 Å². The molecule has 1 amide bonds. The number of nitrogens with one attached hydrogen (secondary N) is 2. The van der Waals surface area contributed by atoms with Crippen molar-refractivity contribution in [1.29, 1.82) is 0 Å². The van der Waals surface area contributed by atoms with Gasteiger partial charge in [0.05, 0.1) is 11.1 Å². The van der Waals surface area contributed by atoms with Gasteiger partial charge in [-0.15, -0.1) is 0 Å². The summed E-state index contributed by atoms with van der Waals surface area (Å²) < 4.78 is 29.5. The summed E-state index contributed by atoms with van der Waals surface area (Å²) in [6.45, 7) is 2.02. The number of rotatable bonds is 5. The minimum atomic E-state index is -1.31. The fourth-order valence-electron chi connectivity index (χ4n) is 3.56. The Bertz CT molecular complexity index is 1300. The molecule has 1 aromatic heterocycles. The molecule has 0 saturated carbocycles. The van der Waals surface area contributed by atoms with E-state index in [-0.39, 0.29) is 11.1 Å². The minimum absolute atomic E-state index is 0.192. The van der Waals surface area contributed by atoms with Gasteiger partial charge in [-0.05, 0) is 59.5 Å². The van der Waals surface area contributed by atoms with E-state index >= 15 is 0 Å². The van der Waals surface area contributed by atoms with Crippen LogP contribution in [0.2, 0.25) is 0 Å². The van der Waals surface area contributed by atoms with Gasteiger partial charge in [-0.2, -0.15) is 0 Å². The maximum Gasteiger partial charge on any atom is 0.336 e. The predicted molar refractivity (Wildman–Crippen MR) is 114 cm³/mol. The monoisotopic (exact) mass is 420 g/mol. The Hall–Kier alpha value is -4.00. The van der Waals surface area contributed by atoms with Crippen LogP contribution in [0.5, 0.6) is 0 Å². The first-order valence-corrected chi connectivity index (χ1v) is 9.62. The predicted octanol–water partition coefficient (Wildman–Crippen LogP) is 5.63. The molecule has 0 spiro atoms. The van der Waals surface area contributed by atoms with Crippen LogP contribution in [0.1, 0.15) is 33.2 Å². The third kappa shape index (κ3) is 3.77. The smallest absolute Gasteiger partial charge is 0.336 e. The van der Waals surface area contributed by atoms with E-state index in [2.05, 4.69) is 10.3 Å². The summed E-state index contributed by atoms with van der Waals surface area (Å²) in [6, 6.07) is 13.2. The molecule has 0 aliphatic rings. The number of hydrogen-bond acceptors (Lipinski definition) is 2. The molecule has 0 aliphatic carbocycles. The van der Waals surface area contributed by atoms with E-state index in [0.717, 1.165) is 35.0 Å². The molecule has 0 bridgehead atoms. The number of carbonyl (C=O) groups excluding carboxylic acids is 1. The lowest BCUT2D eigenvalue weighted by Crippen LogP contribution is -2.18. The first-order chi connectivity index (χ1) is 14.9. The molecule has 31 heavy (non-hydrogen) atoms. The highest BCUT2D eigenvalue weighted by Crippen LogP contribution is 2.31. The van der Waals surface area contributed by atoms with Gasteiger partial charge < -0.3 is 15.4 Å². The maximum atomic E-state index is 14.8. The van der Waals surface area contributed by atoms with Crippen molar-refractivity contribution in [3.05, 3.63) is 89.1 Å². The van der Waals surface area contributed by atoms with E-state index in [1.165, 1.54) is 24.3 Å². The quantitative estimate of drug-likeness (QED) is 0.392. The number of H-pyrrole nitrogens is 1. The van der Waals surface area contributed by atoms with E-state index in [1.807, 2.05) is 25.3 Å². The van der Waals surface area contributed by atoms with Crippen molar-refractivity contribution in [2.45, 2.75) is 13.3 Å². The number of carbonyl (C=O) groups is 2. The summed E-state index contributed by atoms with van der Waals surface area (Å²) in [5.74, 6) is -4.14. The van der Waals surface area contributed by atoms with Crippen LogP contribution in [0, 0.1) is 11.6 Å². The zero-order chi connectivity index (χ0) is 22.1. The standard InChI is InChI=1S/C24H18F2N2O3/c1-2-13-12-27-21-8-7-14(9-18(13)21)15-10-19(25)22(20(26)11-15)28-23(29)16-5-3-4-6-17(16)24(30)31/h3-12,27H,2H2,1H3,(H,28,29)(H,30,31). The number of aryl methyl sites for hydroxylation is 1. The number of halogens is 2. The van der Waals surface area contributed by atoms with Crippen molar-refractivity contribution in [3.8, 4) is 11.1 Å². The molecule has 0 fully saturated rings. The Balaban J connectivity index is 1.68. The highest BCUT2D eigenvalue weighted by Gasteiger charge is 2.20. The Morgan fingerprint density at radius 2 is 1.65 bits per heavy atom. The zero-order valence-corrected chi connectivity index (χ0v) is 16.5. The summed E-state index contributed by atoms with van der Waals surface area (Å²) in [5.41, 5.74) is 1.90. The molecule has 0 atom stereocenters. The molecule has 0 radical (unpaired) electrons. The van der Waals surface area contributed by atoms with Gasteiger partial charge in [-0.3, -0.25) is 4.79 Å². The summed E-state index contributed by atoms with van der Waals surface area (Å²) >= 11 is 0. The van der Waals surface area contributed by atoms with Crippen molar-refractivity contribution in [3.63, 3.8) is 0 Å². The summed E-state index contributed by atoms with van der Waals surface area (Å²) in [6.07, 6.45) is 2.72. The normalized spacial score (nSPS) is 10.9. The lowest BCUT2D eigenvalue weighted by molar-refractivity contribution is 0.0692. The number of aromatic carboxylic acids is 1. The number of fused-ring (bicyclic) bond motifs is 1. The number of aromatic nitrogens is 1. The van der Waals surface area contributed by atoms with Crippen molar-refractivity contribution in [2.24, 2.45) is 0 Å². The van der Waals surface area contributed by atoms with Crippen LogP contribution >= 0.6 is 0 Å². The molecule has 3 N–H and O–H groups in total. The second-order valence-electron chi connectivity index (χ2n) is 7.05. The van der Waals surface area contributed by atoms with Crippen LogP contribution in [0.3, 0.4) is 0 Å². The van der Waals surface area contributed by atoms with E-state index in [9.17, 15) is 23.5 Å².